The van der Waals surface area contributed by atoms with Gasteiger partial charge in [0.1, 0.15) is 0 Å². The fourth-order valence-electron chi connectivity index (χ4n) is 1.15. The Morgan fingerprint density at radius 3 is 2.31 bits per heavy atom. The van der Waals surface area contributed by atoms with E-state index in [1.165, 1.54) is 11.1 Å². The average Bonchev–Trinajstić information content (AvgIpc) is 2.17. The molecule has 0 aliphatic heterocycles. The van der Waals surface area contributed by atoms with Gasteiger partial charge in [0.2, 0.25) is 8.32 Å². The van der Waals surface area contributed by atoms with Gasteiger partial charge in [-0.2, -0.15) is 0 Å². The van der Waals surface area contributed by atoms with Gasteiger partial charge >= 0.3 is 0 Å². The van der Waals surface area contributed by atoms with Crippen LogP contribution in [0.3, 0.4) is 0 Å². The van der Waals surface area contributed by atoms with Crippen LogP contribution in [-0.2, 0) is 4.43 Å². The molecule has 0 fully saturated rings. The molecule has 0 aliphatic carbocycles. The summed E-state index contributed by atoms with van der Waals surface area (Å²) in [5, 5.41) is 0. The summed E-state index contributed by atoms with van der Waals surface area (Å²) in [5.41, 5.74) is 4.77. The summed E-state index contributed by atoms with van der Waals surface area (Å²) < 4.78 is 5.81. The highest BCUT2D eigenvalue weighted by atomic mass is 28.4. The summed E-state index contributed by atoms with van der Waals surface area (Å²) in [5.74, 6) is 0. The van der Waals surface area contributed by atoms with Crippen molar-refractivity contribution in [3.63, 3.8) is 0 Å². The molecular formula is C14H26OSi. The Hall–Kier alpha value is -0.603. The maximum Gasteiger partial charge on any atom is 0.210 e. The van der Waals surface area contributed by atoms with E-state index in [9.17, 15) is 0 Å². The summed E-state index contributed by atoms with van der Waals surface area (Å²) in [7, 11) is -1.59. The van der Waals surface area contributed by atoms with Crippen LogP contribution in [-0.4, -0.2) is 14.9 Å². The second-order valence-electron chi connectivity index (χ2n) is 4.99. The smallest absolute Gasteiger partial charge is 0.210 e. The van der Waals surface area contributed by atoms with Crippen molar-refractivity contribution < 1.29 is 4.43 Å². The predicted molar refractivity (Wildman–Crippen MR) is 76.1 cm³/mol. The van der Waals surface area contributed by atoms with Crippen LogP contribution in [0.15, 0.2) is 35.6 Å². The van der Waals surface area contributed by atoms with Crippen LogP contribution in [0.25, 0.3) is 0 Å². The van der Waals surface area contributed by atoms with E-state index in [0.717, 1.165) is 19.4 Å². The minimum atomic E-state index is -1.59. The highest BCUT2D eigenvalue weighted by Gasteiger charge is 2.15. The van der Waals surface area contributed by atoms with Gasteiger partial charge in [0, 0.05) is 0 Å². The molecule has 2 heteroatoms. The number of rotatable bonds is 7. The van der Waals surface area contributed by atoms with Gasteiger partial charge in [-0.15, -0.1) is 6.58 Å². The highest BCUT2D eigenvalue weighted by Crippen LogP contribution is 2.09. The largest absolute Gasteiger partial charge is 0.410 e. The topological polar surface area (TPSA) is 9.23 Å². The predicted octanol–water partition coefficient (Wildman–Crippen LogP) is 4.63. The minimum Gasteiger partial charge on any atom is -0.410 e. The van der Waals surface area contributed by atoms with Crippen LogP contribution in [0.2, 0.25) is 13.1 Å². The zero-order valence-corrected chi connectivity index (χ0v) is 12.5. The van der Waals surface area contributed by atoms with E-state index in [1.807, 2.05) is 5.70 Å². The van der Waals surface area contributed by atoms with E-state index in [2.05, 4.69) is 52.6 Å². The SMILES string of the molecule is C=C[Si](C)(C)OC/C=C(\C)CCC=C(C)C. The Balaban J connectivity index is 3.88. The molecule has 0 spiro atoms. The third-order valence-corrected chi connectivity index (χ3v) is 4.36. The lowest BCUT2D eigenvalue weighted by Crippen LogP contribution is -2.27. The van der Waals surface area contributed by atoms with E-state index in [0.29, 0.717) is 0 Å². The Morgan fingerprint density at radius 2 is 1.81 bits per heavy atom. The fourth-order valence-corrected chi connectivity index (χ4v) is 1.78. The maximum atomic E-state index is 5.81. The summed E-state index contributed by atoms with van der Waals surface area (Å²) >= 11 is 0. The van der Waals surface area contributed by atoms with Gasteiger partial charge in [0.15, 0.2) is 0 Å². The van der Waals surface area contributed by atoms with Crippen LogP contribution in [0.5, 0.6) is 0 Å². The van der Waals surface area contributed by atoms with Gasteiger partial charge in [-0.05, 0) is 46.7 Å². The molecule has 0 aromatic carbocycles. The molecule has 0 atom stereocenters. The molecule has 0 saturated heterocycles. The second kappa shape index (κ2) is 7.63. The molecule has 0 heterocycles. The first kappa shape index (κ1) is 15.4. The lowest BCUT2D eigenvalue weighted by atomic mass is 10.1. The highest BCUT2D eigenvalue weighted by molar-refractivity contribution is 6.76. The van der Waals surface area contributed by atoms with Crippen molar-refractivity contribution in [1.82, 2.24) is 0 Å². The van der Waals surface area contributed by atoms with Crippen LogP contribution in [0.1, 0.15) is 33.6 Å². The molecule has 0 aliphatic rings. The average molecular weight is 238 g/mol. The number of hydrogen-bond donors (Lipinski definition) is 0. The standard InChI is InChI=1S/C14H26OSi/c1-7-16(5,6)15-12-11-14(4)10-8-9-13(2)3/h7,9,11H,1,8,10,12H2,2-6H3/b14-11+. The minimum absolute atomic E-state index is 0.728. The van der Waals surface area contributed by atoms with Crippen LogP contribution >= 0.6 is 0 Å². The summed E-state index contributed by atoms with van der Waals surface area (Å²) in [6, 6.07) is 0. The van der Waals surface area contributed by atoms with E-state index < -0.39 is 8.32 Å². The zero-order valence-electron chi connectivity index (χ0n) is 11.5. The van der Waals surface area contributed by atoms with Crippen molar-refractivity contribution >= 4 is 8.32 Å². The Labute approximate surface area is 102 Å². The van der Waals surface area contributed by atoms with E-state index in [4.69, 9.17) is 4.43 Å². The molecule has 0 aromatic rings. The zero-order chi connectivity index (χ0) is 12.6. The lowest BCUT2D eigenvalue weighted by molar-refractivity contribution is 0.360. The van der Waals surface area contributed by atoms with E-state index in [-0.39, 0.29) is 0 Å². The molecule has 92 valence electrons. The molecule has 0 N–H and O–H groups in total. The van der Waals surface area contributed by atoms with Crippen molar-refractivity contribution in [3.05, 3.63) is 35.6 Å². The first-order chi connectivity index (χ1) is 7.37. The molecule has 0 bridgehead atoms. The normalized spacial score (nSPS) is 12.4. The van der Waals surface area contributed by atoms with Crippen molar-refractivity contribution in [2.24, 2.45) is 0 Å². The van der Waals surface area contributed by atoms with Crippen molar-refractivity contribution in [2.45, 2.75) is 46.7 Å². The molecule has 0 unspecified atom stereocenters. The molecule has 1 nitrogen and oxygen atoms in total. The summed E-state index contributed by atoms with van der Waals surface area (Å²) in [6.07, 6.45) is 6.73. The van der Waals surface area contributed by atoms with Crippen molar-refractivity contribution in [1.29, 1.82) is 0 Å². The molecule has 0 rings (SSSR count). The van der Waals surface area contributed by atoms with Gasteiger partial charge in [-0.3, -0.25) is 0 Å². The van der Waals surface area contributed by atoms with Crippen LogP contribution in [0, 0.1) is 0 Å². The van der Waals surface area contributed by atoms with Crippen LogP contribution in [0.4, 0.5) is 0 Å². The van der Waals surface area contributed by atoms with Crippen molar-refractivity contribution in [3.8, 4) is 0 Å². The molecule has 0 aromatic heterocycles. The van der Waals surface area contributed by atoms with Gasteiger partial charge in [-0.1, -0.05) is 29.0 Å². The van der Waals surface area contributed by atoms with Crippen LogP contribution < -0.4 is 0 Å². The van der Waals surface area contributed by atoms with Crippen molar-refractivity contribution in [2.75, 3.05) is 6.61 Å². The number of allylic oxidation sites excluding steroid dienone is 3. The molecule has 0 saturated carbocycles. The maximum absolute atomic E-state index is 5.81. The molecule has 0 amide bonds. The third-order valence-electron chi connectivity index (χ3n) is 2.47. The lowest BCUT2D eigenvalue weighted by Gasteiger charge is -2.16. The van der Waals surface area contributed by atoms with E-state index in [1.54, 1.807) is 0 Å². The second-order valence-corrected chi connectivity index (χ2v) is 8.89. The first-order valence-corrected chi connectivity index (χ1v) is 8.92. The molecule has 0 radical (unpaired) electrons. The summed E-state index contributed by atoms with van der Waals surface area (Å²) in [4.78, 5) is 0. The third kappa shape index (κ3) is 8.68. The Morgan fingerprint density at radius 1 is 1.19 bits per heavy atom. The van der Waals surface area contributed by atoms with E-state index >= 15 is 0 Å². The van der Waals surface area contributed by atoms with Gasteiger partial charge in [0.25, 0.3) is 0 Å². The van der Waals surface area contributed by atoms with Gasteiger partial charge < -0.3 is 4.43 Å². The molecule has 16 heavy (non-hydrogen) atoms. The van der Waals surface area contributed by atoms with Gasteiger partial charge in [0.05, 0.1) is 6.61 Å². The van der Waals surface area contributed by atoms with Gasteiger partial charge in [-0.25, -0.2) is 0 Å². The first-order valence-electron chi connectivity index (χ1n) is 5.94. The fraction of sp³-hybridized carbons (Fsp3) is 0.571. The monoisotopic (exact) mass is 238 g/mol. The summed E-state index contributed by atoms with van der Waals surface area (Å²) in [6.45, 7) is 15.3. The Bertz CT molecular complexity index is 270. The quantitative estimate of drug-likeness (QED) is 0.464. The molecular weight excluding hydrogens is 212 g/mol. The Kier molecular flexibility index (Phi) is 7.35. The number of hydrogen-bond acceptors (Lipinski definition) is 1.